The Morgan fingerprint density at radius 2 is 1.91 bits per heavy atom. The number of nitrogens with zero attached hydrogens (tertiary/aromatic N) is 3. The van der Waals surface area contributed by atoms with Crippen LogP contribution in [0.5, 0.6) is 0 Å². The average molecular weight is 485 g/mol. The van der Waals surface area contributed by atoms with Gasteiger partial charge in [0, 0.05) is 25.5 Å². The monoisotopic (exact) mass is 484 g/mol. The molecule has 1 aliphatic carbocycles. The zero-order chi connectivity index (χ0) is 24.3. The number of carbonyl (C=O) groups is 1. The van der Waals surface area contributed by atoms with E-state index in [1.165, 1.54) is 44.4 Å². The Morgan fingerprint density at radius 3 is 2.56 bits per heavy atom. The molecule has 1 N–H and O–H groups in total. The molecule has 8 heteroatoms. The third-order valence-electron chi connectivity index (χ3n) is 7.13. The van der Waals surface area contributed by atoms with E-state index in [1.54, 1.807) is 19.2 Å². The molecule has 1 aliphatic heterocycles. The number of sulfone groups is 1. The van der Waals surface area contributed by atoms with E-state index in [4.69, 9.17) is 4.98 Å². The lowest BCUT2D eigenvalue weighted by atomic mass is 9.88. The number of rotatable bonds is 8. The number of hydrogen-bond donors (Lipinski definition) is 1. The molecular weight excluding hydrogens is 448 g/mol. The largest absolute Gasteiger partial charge is 0.346 e. The SMILES string of the molecule is CCS(=O)(=O)c1ccc(CNC(=O)c2cnc3c(c2)CN(CC2CCCCC2)[C@H]3C(C)C)nc1. The van der Waals surface area contributed by atoms with E-state index >= 15 is 0 Å². The Labute approximate surface area is 203 Å². The summed E-state index contributed by atoms with van der Waals surface area (Å²) in [6.07, 6.45) is 9.71. The number of carbonyl (C=O) groups excluding carboxylic acids is 1. The lowest BCUT2D eigenvalue weighted by molar-refractivity contribution is 0.0950. The fraction of sp³-hybridized carbons (Fsp3) is 0.577. The van der Waals surface area contributed by atoms with Crippen LogP contribution in [0.4, 0.5) is 0 Å². The topological polar surface area (TPSA) is 92.3 Å². The third-order valence-corrected chi connectivity index (χ3v) is 8.85. The minimum Gasteiger partial charge on any atom is -0.346 e. The minimum atomic E-state index is -3.28. The molecule has 0 aromatic carbocycles. The van der Waals surface area contributed by atoms with Gasteiger partial charge in [0.1, 0.15) is 0 Å². The lowest BCUT2D eigenvalue weighted by Crippen LogP contribution is -2.32. The predicted molar refractivity (Wildman–Crippen MR) is 132 cm³/mol. The van der Waals surface area contributed by atoms with Gasteiger partial charge in [-0.1, -0.05) is 40.0 Å². The Kier molecular flexibility index (Phi) is 7.67. The first-order chi connectivity index (χ1) is 16.3. The molecule has 184 valence electrons. The van der Waals surface area contributed by atoms with Gasteiger partial charge in [0.05, 0.1) is 40.2 Å². The van der Waals surface area contributed by atoms with Crippen molar-refractivity contribution in [1.29, 1.82) is 0 Å². The van der Waals surface area contributed by atoms with Gasteiger partial charge in [0.2, 0.25) is 0 Å². The molecule has 1 atom stereocenters. The van der Waals surface area contributed by atoms with Crippen molar-refractivity contribution in [2.75, 3.05) is 12.3 Å². The van der Waals surface area contributed by atoms with Crippen LogP contribution in [0.2, 0.25) is 0 Å². The van der Waals surface area contributed by atoms with E-state index < -0.39 is 9.84 Å². The Balaban J connectivity index is 1.41. The highest BCUT2D eigenvalue weighted by molar-refractivity contribution is 7.91. The van der Waals surface area contributed by atoms with Crippen LogP contribution < -0.4 is 5.32 Å². The molecule has 2 aromatic rings. The number of amides is 1. The first-order valence-corrected chi connectivity index (χ1v) is 14.1. The predicted octanol–water partition coefficient (Wildman–Crippen LogP) is 4.29. The molecule has 34 heavy (non-hydrogen) atoms. The van der Waals surface area contributed by atoms with Gasteiger partial charge < -0.3 is 5.32 Å². The molecule has 3 heterocycles. The van der Waals surface area contributed by atoms with Crippen LogP contribution in [-0.2, 0) is 22.9 Å². The maximum absolute atomic E-state index is 12.8. The van der Waals surface area contributed by atoms with Crippen molar-refractivity contribution < 1.29 is 13.2 Å². The molecule has 1 fully saturated rings. The van der Waals surface area contributed by atoms with Gasteiger partial charge in [-0.25, -0.2) is 8.42 Å². The van der Waals surface area contributed by atoms with E-state index in [0.29, 0.717) is 23.2 Å². The van der Waals surface area contributed by atoms with Crippen molar-refractivity contribution in [2.24, 2.45) is 11.8 Å². The molecular formula is C26H36N4O3S. The van der Waals surface area contributed by atoms with Gasteiger partial charge >= 0.3 is 0 Å². The maximum atomic E-state index is 12.8. The second-order valence-corrected chi connectivity index (χ2v) is 12.2. The summed E-state index contributed by atoms with van der Waals surface area (Å²) in [5.41, 5.74) is 3.41. The van der Waals surface area contributed by atoms with Gasteiger partial charge in [0.25, 0.3) is 5.91 Å². The molecule has 0 unspecified atom stereocenters. The molecule has 0 saturated heterocycles. The summed E-state index contributed by atoms with van der Waals surface area (Å²) in [5, 5.41) is 2.89. The van der Waals surface area contributed by atoms with Gasteiger partial charge in [-0.2, -0.15) is 0 Å². The van der Waals surface area contributed by atoms with Crippen molar-refractivity contribution in [2.45, 2.75) is 76.9 Å². The van der Waals surface area contributed by atoms with Crippen LogP contribution in [0.1, 0.15) is 86.2 Å². The van der Waals surface area contributed by atoms with E-state index in [-0.39, 0.29) is 23.1 Å². The van der Waals surface area contributed by atoms with Gasteiger partial charge in [0.15, 0.2) is 9.84 Å². The third kappa shape index (κ3) is 5.49. The zero-order valence-electron chi connectivity index (χ0n) is 20.5. The standard InChI is InChI=1S/C26H36N4O3S/c1-4-34(32,33)23-11-10-22(27-15-23)14-29-26(31)20-12-21-17-30(16-19-8-6-5-7-9-19)25(18(2)3)24(21)28-13-20/h10-13,15,18-19,25H,4-9,14,16-17H2,1-3H3,(H,29,31)/t25-/m0/s1. The number of nitrogens with one attached hydrogen (secondary N) is 1. The smallest absolute Gasteiger partial charge is 0.253 e. The highest BCUT2D eigenvalue weighted by Gasteiger charge is 2.35. The fourth-order valence-corrected chi connectivity index (χ4v) is 6.11. The van der Waals surface area contributed by atoms with Gasteiger partial charge in [-0.3, -0.25) is 19.7 Å². The normalized spacial score (nSPS) is 19.4. The van der Waals surface area contributed by atoms with E-state index in [0.717, 1.165) is 30.3 Å². The van der Waals surface area contributed by atoms with Gasteiger partial charge in [-0.15, -0.1) is 0 Å². The van der Waals surface area contributed by atoms with E-state index in [2.05, 4.69) is 29.0 Å². The highest BCUT2D eigenvalue weighted by Crippen LogP contribution is 2.39. The number of aromatic nitrogens is 2. The summed E-state index contributed by atoms with van der Waals surface area (Å²) in [7, 11) is -3.28. The first kappa shape index (κ1) is 24.8. The maximum Gasteiger partial charge on any atom is 0.253 e. The van der Waals surface area contributed by atoms with Crippen molar-refractivity contribution in [3.63, 3.8) is 0 Å². The Morgan fingerprint density at radius 1 is 1.15 bits per heavy atom. The summed E-state index contributed by atoms with van der Waals surface area (Å²) in [5.74, 6) is 1.06. The van der Waals surface area contributed by atoms with Crippen molar-refractivity contribution >= 4 is 15.7 Å². The second kappa shape index (κ2) is 10.5. The van der Waals surface area contributed by atoms with Crippen LogP contribution in [0.15, 0.2) is 35.5 Å². The lowest BCUT2D eigenvalue weighted by Gasteiger charge is -2.32. The highest BCUT2D eigenvalue weighted by atomic mass is 32.2. The molecule has 2 aliphatic rings. The fourth-order valence-electron chi connectivity index (χ4n) is 5.28. The second-order valence-electron chi connectivity index (χ2n) is 9.96. The van der Waals surface area contributed by atoms with Crippen LogP contribution in [0.3, 0.4) is 0 Å². The summed E-state index contributed by atoms with van der Waals surface area (Å²) >= 11 is 0. The number of pyridine rings is 2. The van der Waals surface area contributed by atoms with E-state index in [9.17, 15) is 13.2 Å². The van der Waals surface area contributed by atoms with Gasteiger partial charge in [-0.05, 0) is 48.4 Å². The summed E-state index contributed by atoms with van der Waals surface area (Å²) in [6.45, 7) is 8.28. The molecule has 1 amide bonds. The zero-order valence-corrected chi connectivity index (χ0v) is 21.3. The summed E-state index contributed by atoms with van der Waals surface area (Å²) in [6, 6.07) is 5.46. The molecule has 2 aromatic heterocycles. The van der Waals surface area contributed by atoms with Crippen LogP contribution in [-0.4, -0.2) is 41.5 Å². The van der Waals surface area contributed by atoms with Crippen molar-refractivity contribution in [3.8, 4) is 0 Å². The van der Waals surface area contributed by atoms with Crippen molar-refractivity contribution in [3.05, 3.63) is 53.1 Å². The molecule has 0 bridgehead atoms. The quantitative estimate of drug-likeness (QED) is 0.601. The van der Waals surface area contributed by atoms with Crippen LogP contribution in [0, 0.1) is 11.8 Å². The van der Waals surface area contributed by atoms with Crippen molar-refractivity contribution in [1.82, 2.24) is 20.2 Å². The summed E-state index contributed by atoms with van der Waals surface area (Å²) in [4.78, 5) is 24.5. The Bertz CT molecular complexity index is 1110. The van der Waals surface area contributed by atoms with E-state index in [1.807, 2.05) is 6.07 Å². The first-order valence-electron chi connectivity index (χ1n) is 12.5. The number of fused-ring (bicyclic) bond motifs is 1. The van der Waals surface area contributed by atoms with Crippen LogP contribution in [0.25, 0.3) is 0 Å². The Hall–Kier alpha value is -2.32. The molecule has 1 saturated carbocycles. The number of hydrogen-bond acceptors (Lipinski definition) is 6. The summed E-state index contributed by atoms with van der Waals surface area (Å²) < 4.78 is 23.9. The van der Waals surface area contributed by atoms with Crippen LogP contribution >= 0.6 is 0 Å². The molecule has 7 nitrogen and oxygen atoms in total. The average Bonchev–Trinajstić information content (AvgIpc) is 3.20. The molecule has 4 rings (SSSR count). The minimum absolute atomic E-state index is 0.0336. The molecule has 0 radical (unpaired) electrons. The molecule has 0 spiro atoms.